The average Bonchev–Trinajstić information content (AvgIpc) is 2.31. The van der Waals surface area contributed by atoms with Gasteiger partial charge in [0.2, 0.25) is 0 Å². The quantitative estimate of drug-likeness (QED) is 0.721. The van der Waals surface area contributed by atoms with Crippen molar-refractivity contribution in [3.8, 4) is 0 Å². The summed E-state index contributed by atoms with van der Waals surface area (Å²) in [5.74, 6) is 1.96. The first-order chi connectivity index (χ1) is 7.38. The van der Waals surface area contributed by atoms with Gasteiger partial charge in [0.05, 0.1) is 0 Å². The van der Waals surface area contributed by atoms with Gasteiger partial charge in [0.25, 0.3) is 0 Å². The van der Waals surface area contributed by atoms with E-state index in [1.54, 1.807) is 0 Å². The van der Waals surface area contributed by atoms with E-state index >= 15 is 0 Å². The molecular formula is C13H25N2W-. The van der Waals surface area contributed by atoms with Gasteiger partial charge in [0.15, 0.2) is 0 Å². The molecule has 2 fully saturated rings. The van der Waals surface area contributed by atoms with Crippen LogP contribution in [0, 0.1) is 11.8 Å². The monoisotopic (exact) mass is 393 g/mol. The zero-order valence-electron chi connectivity index (χ0n) is 10.5. The fourth-order valence-corrected chi connectivity index (χ4v) is 2.93. The summed E-state index contributed by atoms with van der Waals surface area (Å²) in [5, 5.41) is 4.43. The Kier molecular flexibility index (Phi) is 7.19. The molecule has 0 radical (unpaired) electrons. The van der Waals surface area contributed by atoms with E-state index in [1.807, 2.05) is 0 Å². The van der Waals surface area contributed by atoms with E-state index in [1.165, 1.54) is 51.7 Å². The van der Waals surface area contributed by atoms with Gasteiger partial charge in [-0.3, -0.25) is 0 Å². The Morgan fingerprint density at radius 2 is 1.62 bits per heavy atom. The zero-order chi connectivity index (χ0) is 10.5. The van der Waals surface area contributed by atoms with Gasteiger partial charge in [-0.25, -0.2) is 0 Å². The summed E-state index contributed by atoms with van der Waals surface area (Å²) in [6.07, 6.45) is 6.94. The van der Waals surface area contributed by atoms with Gasteiger partial charge in [-0.05, 0) is 37.8 Å². The molecule has 0 bridgehead atoms. The van der Waals surface area contributed by atoms with Crippen LogP contribution in [0.25, 0.3) is 5.32 Å². The third-order valence-electron chi connectivity index (χ3n) is 4.19. The second kappa shape index (κ2) is 7.84. The maximum absolute atomic E-state index is 4.43. The molecule has 2 saturated heterocycles. The number of nitrogens with zero attached hydrogens (tertiary/aromatic N) is 2. The minimum atomic E-state index is 0. The Bertz CT molecular complexity index is 173. The minimum absolute atomic E-state index is 0. The summed E-state index contributed by atoms with van der Waals surface area (Å²) in [7, 11) is 0. The molecule has 16 heavy (non-hydrogen) atoms. The van der Waals surface area contributed by atoms with Crippen molar-refractivity contribution in [1.29, 1.82) is 0 Å². The van der Waals surface area contributed by atoms with Crippen molar-refractivity contribution < 1.29 is 21.1 Å². The summed E-state index contributed by atoms with van der Waals surface area (Å²) in [6, 6.07) is 0. The molecule has 0 aromatic carbocycles. The van der Waals surface area contributed by atoms with Gasteiger partial charge in [-0.1, -0.05) is 26.2 Å². The molecule has 0 amide bonds. The maximum Gasteiger partial charge on any atom is 0.000842 e. The molecule has 2 rings (SSSR count). The van der Waals surface area contributed by atoms with Crippen molar-refractivity contribution in [1.82, 2.24) is 4.90 Å². The van der Waals surface area contributed by atoms with Gasteiger partial charge in [-0.2, -0.15) is 0 Å². The van der Waals surface area contributed by atoms with E-state index in [9.17, 15) is 0 Å². The smallest absolute Gasteiger partial charge is 0.000842 e. The second-order valence-corrected chi connectivity index (χ2v) is 5.27. The summed E-state index contributed by atoms with van der Waals surface area (Å²) < 4.78 is 0. The van der Waals surface area contributed by atoms with E-state index in [0.717, 1.165) is 24.9 Å². The Hall–Kier alpha value is 0.608. The molecule has 0 aromatic rings. The summed E-state index contributed by atoms with van der Waals surface area (Å²) in [6.45, 7) is 8.64. The molecule has 2 heterocycles. The maximum atomic E-state index is 4.43. The van der Waals surface area contributed by atoms with E-state index in [0.29, 0.717) is 0 Å². The molecule has 3 heteroatoms. The van der Waals surface area contributed by atoms with Gasteiger partial charge >= 0.3 is 0 Å². The van der Waals surface area contributed by atoms with Crippen LogP contribution in [0.15, 0.2) is 0 Å². The predicted octanol–water partition coefficient (Wildman–Crippen LogP) is 2.89. The molecule has 0 spiro atoms. The van der Waals surface area contributed by atoms with E-state index in [4.69, 9.17) is 0 Å². The van der Waals surface area contributed by atoms with Crippen LogP contribution in [0.3, 0.4) is 0 Å². The van der Waals surface area contributed by atoms with Crippen molar-refractivity contribution in [3.05, 3.63) is 5.32 Å². The molecule has 94 valence electrons. The van der Waals surface area contributed by atoms with Gasteiger partial charge < -0.3 is 10.2 Å². The normalized spacial score (nSPS) is 25.3. The van der Waals surface area contributed by atoms with Crippen molar-refractivity contribution in [2.45, 2.75) is 39.0 Å². The van der Waals surface area contributed by atoms with Crippen LogP contribution in [0.4, 0.5) is 0 Å². The van der Waals surface area contributed by atoms with Crippen LogP contribution in [-0.4, -0.2) is 37.6 Å². The third kappa shape index (κ3) is 4.47. The molecule has 0 atom stereocenters. The van der Waals surface area contributed by atoms with Crippen LogP contribution in [0.2, 0.25) is 0 Å². The van der Waals surface area contributed by atoms with Crippen molar-refractivity contribution in [2.75, 3.05) is 32.7 Å². The largest absolute Gasteiger partial charge is 0.662 e. The zero-order valence-corrected chi connectivity index (χ0v) is 13.5. The molecule has 0 saturated carbocycles. The molecule has 2 nitrogen and oxygen atoms in total. The van der Waals surface area contributed by atoms with Gasteiger partial charge in [0, 0.05) is 27.6 Å². The van der Waals surface area contributed by atoms with Crippen molar-refractivity contribution in [3.63, 3.8) is 0 Å². The summed E-state index contributed by atoms with van der Waals surface area (Å²) >= 11 is 0. The molecule has 0 aromatic heterocycles. The molecule has 2 aliphatic heterocycles. The van der Waals surface area contributed by atoms with E-state index < -0.39 is 0 Å². The standard InChI is InChI=1S/C13H25N2.W/c1-2-12-5-9-15(10-6-12)11-13-3-7-14-8-4-13;/h12-13H,2-11H2,1H3;/q-1;. The number of likely N-dealkylation sites (tertiary alicyclic amines) is 1. The average molecular weight is 393 g/mol. The minimum Gasteiger partial charge on any atom is -0.662 e. The second-order valence-electron chi connectivity index (χ2n) is 5.27. The van der Waals surface area contributed by atoms with Crippen LogP contribution < -0.4 is 0 Å². The fourth-order valence-electron chi connectivity index (χ4n) is 2.93. The fraction of sp³-hybridized carbons (Fsp3) is 1.00. The van der Waals surface area contributed by atoms with Crippen LogP contribution >= 0.6 is 0 Å². The molecule has 0 aliphatic carbocycles. The summed E-state index contributed by atoms with van der Waals surface area (Å²) in [5.41, 5.74) is 0. The number of hydrogen-bond donors (Lipinski definition) is 0. The van der Waals surface area contributed by atoms with Gasteiger partial charge in [-0.15, -0.1) is 13.1 Å². The van der Waals surface area contributed by atoms with Crippen LogP contribution in [0.1, 0.15) is 39.0 Å². The van der Waals surface area contributed by atoms with Crippen molar-refractivity contribution in [2.24, 2.45) is 11.8 Å². The number of piperidine rings is 2. The first kappa shape index (κ1) is 14.7. The van der Waals surface area contributed by atoms with Crippen LogP contribution in [0.5, 0.6) is 0 Å². The first-order valence-electron chi connectivity index (χ1n) is 6.74. The Labute approximate surface area is 115 Å². The molecule has 0 unspecified atom stereocenters. The molecular weight excluding hydrogens is 368 g/mol. The number of hydrogen-bond acceptors (Lipinski definition) is 1. The molecule has 0 N–H and O–H groups in total. The SMILES string of the molecule is CCC1CCN(CC2CC[N-]CC2)CC1.[W]. The number of rotatable bonds is 3. The molecule has 2 aliphatic rings. The third-order valence-corrected chi connectivity index (χ3v) is 4.19. The van der Waals surface area contributed by atoms with E-state index in [-0.39, 0.29) is 21.1 Å². The summed E-state index contributed by atoms with van der Waals surface area (Å²) in [4.78, 5) is 2.70. The topological polar surface area (TPSA) is 17.3 Å². The van der Waals surface area contributed by atoms with Crippen LogP contribution in [-0.2, 0) is 21.1 Å². The van der Waals surface area contributed by atoms with Crippen molar-refractivity contribution >= 4 is 0 Å². The van der Waals surface area contributed by atoms with Gasteiger partial charge in [0.1, 0.15) is 0 Å². The Morgan fingerprint density at radius 1 is 1.00 bits per heavy atom. The Morgan fingerprint density at radius 3 is 2.19 bits per heavy atom. The van der Waals surface area contributed by atoms with E-state index in [2.05, 4.69) is 17.1 Å². The first-order valence-corrected chi connectivity index (χ1v) is 6.74. The Balaban J connectivity index is 0.00000128. The predicted molar refractivity (Wildman–Crippen MR) is 65.3 cm³/mol.